The van der Waals surface area contributed by atoms with Crippen LogP contribution in [0, 0.1) is 6.92 Å². The van der Waals surface area contributed by atoms with Crippen molar-refractivity contribution >= 4 is 5.91 Å². The lowest BCUT2D eigenvalue weighted by atomic mass is 9.89. The summed E-state index contributed by atoms with van der Waals surface area (Å²) in [4.78, 5) is 21.1. The fourth-order valence-electron chi connectivity index (χ4n) is 4.01. The maximum atomic E-state index is 12.7. The summed E-state index contributed by atoms with van der Waals surface area (Å²) in [5.74, 6) is 0.0651. The van der Waals surface area contributed by atoms with Gasteiger partial charge in [0.2, 0.25) is 0 Å². The number of carbonyl (C=O) groups is 1. The molecule has 1 fully saturated rings. The van der Waals surface area contributed by atoms with Crippen molar-refractivity contribution in [2.24, 2.45) is 0 Å². The largest absolute Gasteiger partial charge is 0.336 e. The van der Waals surface area contributed by atoms with Crippen LogP contribution < -0.4 is 0 Å². The van der Waals surface area contributed by atoms with Gasteiger partial charge in [-0.3, -0.25) is 14.7 Å². The molecule has 2 aromatic heterocycles. The molecule has 0 unspecified atom stereocenters. The summed E-state index contributed by atoms with van der Waals surface area (Å²) in [7, 11) is 0. The number of nitrogens with zero attached hydrogens (tertiary/aromatic N) is 5. The Hall–Kier alpha value is -2.99. The monoisotopic (exact) mass is 417 g/mol. The number of amides is 1. The number of rotatable bonds is 4. The van der Waals surface area contributed by atoms with Crippen molar-refractivity contribution in [3.63, 3.8) is 0 Å². The maximum absolute atomic E-state index is 12.7. The van der Waals surface area contributed by atoms with Crippen molar-refractivity contribution in [3.05, 3.63) is 77.4 Å². The number of pyridine rings is 1. The van der Waals surface area contributed by atoms with Crippen LogP contribution in [0.5, 0.6) is 0 Å². The highest BCUT2D eigenvalue weighted by Crippen LogP contribution is 2.27. The lowest BCUT2D eigenvalue weighted by Gasteiger charge is -2.35. The smallest absolute Gasteiger partial charge is 0.255 e. The predicted molar refractivity (Wildman–Crippen MR) is 122 cm³/mol. The molecule has 1 saturated heterocycles. The van der Waals surface area contributed by atoms with Gasteiger partial charge >= 0.3 is 0 Å². The molecule has 3 heterocycles. The Morgan fingerprint density at radius 2 is 1.74 bits per heavy atom. The number of aryl methyl sites for hydroxylation is 1. The van der Waals surface area contributed by atoms with Crippen LogP contribution >= 0.6 is 0 Å². The molecule has 1 aliphatic heterocycles. The van der Waals surface area contributed by atoms with Gasteiger partial charge in [-0.05, 0) is 31.2 Å². The molecule has 6 heteroatoms. The molecule has 1 amide bonds. The van der Waals surface area contributed by atoms with Gasteiger partial charge in [0.1, 0.15) is 0 Å². The minimum Gasteiger partial charge on any atom is -0.336 e. The van der Waals surface area contributed by atoms with E-state index in [9.17, 15) is 4.79 Å². The van der Waals surface area contributed by atoms with Crippen LogP contribution in [0.1, 0.15) is 48.0 Å². The summed E-state index contributed by atoms with van der Waals surface area (Å²) >= 11 is 0. The van der Waals surface area contributed by atoms with Crippen LogP contribution in [0.3, 0.4) is 0 Å². The molecule has 31 heavy (non-hydrogen) atoms. The topological polar surface area (TPSA) is 54.3 Å². The number of aromatic nitrogens is 3. The van der Waals surface area contributed by atoms with Gasteiger partial charge in [0, 0.05) is 62.3 Å². The zero-order valence-electron chi connectivity index (χ0n) is 18.9. The highest BCUT2D eigenvalue weighted by atomic mass is 16.2. The van der Waals surface area contributed by atoms with E-state index in [0.717, 1.165) is 44.1 Å². The molecular formula is C25H31N5O. The van der Waals surface area contributed by atoms with Crippen LogP contribution in [-0.2, 0) is 12.0 Å². The first kappa shape index (κ1) is 21.2. The Bertz CT molecular complexity index is 1030. The van der Waals surface area contributed by atoms with E-state index >= 15 is 0 Å². The average molecular weight is 418 g/mol. The maximum Gasteiger partial charge on any atom is 0.255 e. The minimum atomic E-state index is -0.0383. The lowest BCUT2D eigenvalue weighted by Crippen LogP contribution is -2.48. The van der Waals surface area contributed by atoms with Crippen molar-refractivity contribution in [1.29, 1.82) is 0 Å². The van der Waals surface area contributed by atoms with Gasteiger partial charge in [0.25, 0.3) is 5.91 Å². The normalized spacial score (nSPS) is 15.3. The fourth-order valence-corrected chi connectivity index (χ4v) is 4.01. The molecular weight excluding hydrogens is 386 g/mol. The van der Waals surface area contributed by atoms with Crippen LogP contribution in [-0.4, -0.2) is 56.7 Å². The standard InChI is InChI=1S/C25H31N5O/c1-19-7-9-22(10-8-19)30-18-21(23(27-30)25(2,3)4)17-28-12-14-29(15-13-28)24(31)20-6-5-11-26-16-20/h5-11,16,18H,12-15,17H2,1-4H3. The Morgan fingerprint density at radius 3 is 2.35 bits per heavy atom. The van der Waals surface area contributed by atoms with E-state index in [1.807, 2.05) is 21.7 Å². The molecule has 0 N–H and O–H groups in total. The third kappa shape index (κ3) is 4.85. The highest BCUT2D eigenvalue weighted by Gasteiger charge is 2.27. The second-order valence-corrected chi connectivity index (χ2v) is 9.34. The Labute approximate surface area is 184 Å². The third-order valence-corrected chi connectivity index (χ3v) is 5.76. The molecule has 0 atom stereocenters. The Kier molecular flexibility index (Phi) is 5.92. The van der Waals surface area contributed by atoms with Crippen molar-refractivity contribution in [2.75, 3.05) is 26.2 Å². The summed E-state index contributed by atoms with van der Waals surface area (Å²) in [6.07, 6.45) is 5.50. The second-order valence-electron chi connectivity index (χ2n) is 9.34. The molecule has 3 aromatic rings. The number of piperazine rings is 1. The highest BCUT2D eigenvalue weighted by molar-refractivity contribution is 5.93. The van der Waals surface area contributed by atoms with E-state index in [1.165, 1.54) is 11.1 Å². The molecule has 1 aliphatic rings. The molecule has 162 valence electrons. The summed E-state index contributed by atoms with van der Waals surface area (Å²) in [5.41, 5.74) is 5.32. The van der Waals surface area contributed by atoms with Crippen molar-refractivity contribution in [1.82, 2.24) is 24.6 Å². The van der Waals surface area contributed by atoms with Crippen LogP contribution in [0.4, 0.5) is 0 Å². The molecule has 1 aromatic carbocycles. The number of hydrogen-bond acceptors (Lipinski definition) is 4. The first-order valence-electron chi connectivity index (χ1n) is 10.9. The van der Waals surface area contributed by atoms with Crippen LogP contribution in [0.15, 0.2) is 55.0 Å². The third-order valence-electron chi connectivity index (χ3n) is 5.76. The van der Waals surface area contributed by atoms with Crippen molar-refractivity contribution in [3.8, 4) is 5.69 Å². The van der Waals surface area contributed by atoms with Crippen LogP contribution in [0.25, 0.3) is 5.69 Å². The fraction of sp³-hybridized carbons (Fsp3) is 0.400. The number of hydrogen-bond donors (Lipinski definition) is 0. The van der Waals surface area contributed by atoms with E-state index in [2.05, 4.69) is 68.0 Å². The van der Waals surface area contributed by atoms with Gasteiger partial charge in [-0.1, -0.05) is 38.5 Å². The zero-order chi connectivity index (χ0) is 22.0. The van der Waals surface area contributed by atoms with Gasteiger partial charge in [0.05, 0.1) is 16.9 Å². The Balaban J connectivity index is 1.47. The first-order chi connectivity index (χ1) is 14.8. The molecule has 6 nitrogen and oxygen atoms in total. The molecule has 0 spiro atoms. The molecule has 4 rings (SSSR count). The molecule has 0 radical (unpaired) electrons. The number of carbonyl (C=O) groups excluding carboxylic acids is 1. The zero-order valence-corrected chi connectivity index (χ0v) is 18.9. The summed E-state index contributed by atoms with van der Waals surface area (Å²) in [6, 6.07) is 12.1. The van der Waals surface area contributed by atoms with E-state index in [0.29, 0.717) is 5.56 Å². The summed E-state index contributed by atoms with van der Waals surface area (Å²) in [6.45, 7) is 12.7. The second kappa shape index (κ2) is 8.63. The van der Waals surface area contributed by atoms with Crippen molar-refractivity contribution < 1.29 is 4.79 Å². The molecule has 0 bridgehead atoms. The van der Waals surface area contributed by atoms with E-state index in [-0.39, 0.29) is 11.3 Å². The van der Waals surface area contributed by atoms with Gasteiger partial charge in [-0.15, -0.1) is 0 Å². The summed E-state index contributed by atoms with van der Waals surface area (Å²) in [5, 5.41) is 4.95. The number of benzene rings is 1. The quantitative estimate of drug-likeness (QED) is 0.647. The average Bonchev–Trinajstić information content (AvgIpc) is 3.19. The van der Waals surface area contributed by atoms with E-state index in [4.69, 9.17) is 5.10 Å². The molecule has 0 saturated carbocycles. The predicted octanol–water partition coefficient (Wildman–Crippen LogP) is 3.83. The van der Waals surface area contributed by atoms with E-state index < -0.39 is 0 Å². The van der Waals surface area contributed by atoms with Crippen molar-refractivity contribution in [2.45, 2.75) is 39.7 Å². The summed E-state index contributed by atoms with van der Waals surface area (Å²) < 4.78 is 2.00. The van der Waals surface area contributed by atoms with Crippen LogP contribution in [0.2, 0.25) is 0 Å². The first-order valence-corrected chi connectivity index (χ1v) is 10.9. The Morgan fingerprint density at radius 1 is 1.03 bits per heavy atom. The minimum absolute atomic E-state index is 0.0383. The van der Waals surface area contributed by atoms with E-state index in [1.54, 1.807) is 12.4 Å². The van der Waals surface area contributed by atoms with Gasteiger partial charge in [-0.2, -0.15) is 5.10 Å². The van der Waals surface area contributed by atoms with Gasteiger partial charge in [0.15, 0.2) is 0 Å². The SMILES string of the molecule is Cc1ccc(-n2cc(CN3CCN(C(=O)c4cccnc4)CC3)c(C(C)(C)C)n2)cc1. The van der Waals surface area contributed by atoms with Gasteiger partial charge < -0.3 is 4.90 Å². The van der Waals surface area contributed by atoms with Gasteiger partial charge in [-0.25, -0.2) is 4.68 Å². The lowest BCUT2D eigenvalue weighted by molar-refractivity contribution is 0.0627. The molecule has 0 aliphatic carbocycles.